The Kier molecular flexibility index (Phi) is 4.86. The van der Waals surface area contributed by atoms with Crippen molar-refractivity contribution in [2.45, 2.75) is 0 Å². The van der Waals surface area contributed by atoms with Crippen molar-refractivity contribution >= 4 is 6.08 Å². The Hall–Kier alpha value is -2.66. The molecular formula is C18H16O2. The molecular weight excluding hydrogens is 248 g/mol. The first-order chi connectivity index (χ1) is 9.81. The largest absolute Gasteiger partial charge is 0.497 e. The normalized spacial score (nSPS) is 9.90. The lowest BCUT2D eigenvalue weighted by Crippen LogP contribution is -1.82. The molecule has 2 aromatic rings. The summed E-state index contributed by atoms with van der Waals surface area (Å²) in [6.45, 7) is 0. The zero-order valence-electron chi connectivity index (χ0n) is 11.6. The van der Waals surface area contributed by atoms with E-state index in [4.69, 9.17) is 9.47 Å². The van der Waals surface area contributed by atoms with Crippen LogP contribution in [0.5, 0.6) is 11.5 Å². The van der Waals surface area contributed by atoms with E-state index in [9.17, 15) is 0 Å². The second-order valence-corrected chi connectivity index (χ2v) is 4.11. The first-order valence-corrected chi connectivity index (χ1v) is 6.28. The van der Waals surface area contributed by atoms with Crippen molar-refractivity contribution in [3.63, 3.8) is 0 Å². The van der Waals surface area contributed by atoms with E-state index in [0.717, 1.165) is 22.6 Å². The second kappa shape index (κ2) is 7.06. The van der Waals surface area contributed by atoms with Crippen LogP contribution < -0.4 is 9.47 Å². The molecule has 0 radical (unpaired) electrons. The van der Waals surface area contributed by atoms with Crippen molar-refractivity contribution in [1.82, 2.24) is 0 Å². The third-order valence-electron chi connectivity index (χ3n) is 2.74. The summed E-state index contributed by atoms with van der Waals surface area (Å²) in [6.07, 6.45) is 3.78. The molecule has 0 saturated heterocycles. The smallest absolute Gasteiger partial charge is 0.120 e. The molecule has 2 heteroatoms. The Morgan fingerprint density at radius 2 is 1.60 bits per heavy atom. The van der Waals surface area contributed by atoms with Gasteiger partial charge in [0.05, 0.1) is 14.2 Å². The molecule has 0 heterocycles. The van der Waals surface area contributed by atoms with E-state index < -0.39 is 0 Å². The van der Waals surface area contributed by atoms with Crippen LogP contribution in [0.25, 0.3) is 6.08 Å². The molecule has 0 amide bonds. The minimum absolute atomic E-state index is 0.813. The number of methoxy groups -OCH3 is 2. The van der Waals surface area contributed by atoms with Crippen molar-refractivity contribution in [1.29, 1.82) is 0 Å². The molecule has 0 N–H and O–H groups in total. The highest BCUT2D eigenvalue weighted by molar-refractivity contribution is 5.55. The lowest BCUT2D eigenvalue weighted by molar-refractivity contribution is 0.414. The molecule has 0 bridgehead atoms. The minimum Gasteiger partial charge on any atom is -0.497 e. The Morgan fingerprint density at radius 1 is 0.900 bits per heavy atom. The van der Waals surface area contributed by atoms with Gasteiger partial charge in [0.15, 0.2) is 0 Å². The van der Waals surface area contributed by atoms with Crippen molar-refractivity contribution in [2.24, 2.45) is 0 Å². The van der Waals surface area contributed by atoms with Gasteiger partial charge in [0.1, 0.15) is 11.5 Å². The van der Waals surface area contributed by atoms with Gasteiger partial charge < -0.3 is 9.47 Å². The minimum atomic E-state index is 0.813. The maximum atomic E-state index is 5.17. The van der Waals surface area contributed by atoms with Gasteiger partial charge in [-0.15, -0.1) is 0 Å². The van der Waals surface area contributed by atoms with Gasteiger partial charge in [0, 0.05) is 5.56 Å². The number of allylic oxidation sites excluding steroid dienone is 1. The first-order valence-electron chi connectivity index (χ1n) is 6.28. The lowest BCUT2D eigenvalue weighted by Gasteiger charge is -1.99. The van der Waals surface area contributed by atoms with Gasteiger partial charge in [-0.25, -0.2) is 0 Å². The molecule has 0 aliphatic carbocycles. The summed E-state index contributed by atoms with van der Waals surface area (Å²) in [4.78, 5) is 0. The highest BCUT2D eigenvalue weighted by Gasteiger charge is 1.91. The predicted octanol–water partition coefficient (Wildman–Crippen LogP) is 3.77. The van der Waals surface area contributed by atoms with Crippen LogP contribution in [0.3, 0.4) is 0 Å². The molecule has 0 spiro atoms. The van der Waals surface area contributed by atoms with Crippen LogP contribution in [0.4, 0.5) is 0 Å². The number of hydrogen-bond donors (Lipinski definition) is 0. The van der Waals surface area contributed by atoms with Crippen LogP contribution >= 0.6 is 0 Å². The van der Waals surface area contributed by atoms with Crippen molar-refractivity contribution < 1.29 is 9.47 Å². The molecule has 2 rings (SSSR count). The number of rotatable bonds is 3. The topological polar surface area (TPSA) is 18.5 Å². The molecule has 0 unspecified atom stereocenters. The van der Waals surface area contributed by atoms with Crippen LogP contribution in [0.1, 0.15) is 11.1 Å². The second-order valence-electron chi connectivity index (χ2n) is 4.11. The van der Waals surface area contributed by atoms with Gasteiger partial charge in [-0.05, 0) is 48.0 Å². The first kappa shape index (κ1) is 13.8. The van der Waals surface area contributed by atoms with Crippen LogP contribution in [-0.4, -0.2) is 14.2 Å². The fourth-order valence-corrected chi connectivity index (χ4v) is 1.71. The van der Waals surface area contributed by atoms with E-state index in [1.54, 1.807) is 14.2 Å². The van der Waals surface area contributed by atoms with Crippen molar-refractivity contribution in [2.75, 3.05) is 14.2 Å². The molecule has 2 aromatic carbocycles. The Morgan fingerprint density at radius 3 is 2.35 bits per heavy atom. The van der Waals surface area contributed by atoms with E-state index in [1.165, 1.54) is 0 Å². The van der Waals surface area contributed by atoms with Gasteiger partial charge in [-0.2, -0.15) is 0 Å². The third kappa shape index (κ3) is 3.93. The van der Waals surface area contributed by atoms with E-state index in [0.29, 0.717) is 0 Å². The monoisotopic (exact) mass is 264 g/mol. The standard InChI is InChI=1S/C18H16O2/c1-19-17-11-5-9-15(13-17)7-3-4-8-16-10-6-12-18(14-16)20-2/h3,5-7,9-14H,1-2H3/b7-3+. The lowest BCUT2D eigenvalue weighted by atomic mass is 10.2. The molecule has 0 fully saturated rings. The summed E-state index contributed by atoms with van der Waals surface area (Å²) in [5, 5.41) is 0. The van der Waals surface area contributed by atoms with Gasteiger partial charge in [-0.3, -0.25) is 0 Å². The molecule has 0 saturated carbocycles. The van der Waals surface area contributed by atoms with Crippen LogP contribution in [-0.2, 0) is 0 Å². The zero-order chi connectivity index (χ0) is 14.2. The maximum absolute atomic E-state index is 5.17. The van der Waals surface area contributed by atoms with E-state index in [-0.39, 0.29) is 0 Å². The highest BCUT2D eigenvalue weighted by atomic mass is 16.5. The summed E-state index contributed by atoms with van der Waals surface area (Å²) in [5.41, 5.74) is 1.99. The summed E-state index contributed by atoms with van der Waals surface area (Å²) in [6, 6.07) is 15.5. The molecule has 20 heavy (non-hydrogen) atoms. The van der Waals surface area contributed by atoms with E-state index in [2.05, 4.69) is 11.8 Å². The van der Waals surface area contributed by atoms with Gasteiger partial charge in [0.25, 0.3) is 0 Å². The molecule has 0 aliphatic heterocycles. The summed E-state index contributed by atoms with van der Waals surface area (Å²) >= 11 is 0. The summed E-state index contributed by atoms with van der Waals surface area (Å²) < 4.78 is 10.3. The van der Waals surface area contributed by atoms with Crippen LogP contribution in [0.2, 0.25) is 0 Å². The van der Waals surface area contributed by atoms with Gasteiger partial charge >= 0.3 is 0 Å². The Bertz CT molecular complexity index is 660. The van der Waals surface area contributed by atoms with E-state index >= 15 is 0 Å². The summed E-state index contributed by atoms with van der Waals surface area (Å²) in [7, 11) is 3.31. The summed E-state index contributed by atoms with van der Waals surface area (Å²) in [5.74, 6) is 7.74. The third-order valence-corrected chi connectivity index (χ3v) is 2.74. The molecule has 0 aromatic heterocycles. The highest BCUT2D eigenvalue weighted by Crippen LogP contribution is 2.13. The maximum Gasteiger partial charge on any atom is 0.120 e. The van der Waals surface area contributed by atoms with Crippen LogP contribution in [0, 0.1) is 11.8 Å². The average Bonchev–Trinajstić information content (AvgIpc) is 2.52. The number of hydrogen-bond acceptors (Lipinski definition) is 2. The Balaban J connectivity index is 2.07. The zero-order valence-corrected chi connectivity index (χ0v) is 11.6. The fourth-order valence-electron chi connectivity index (χ4n) is 1.71. The van der Waals surface area contributed by atoms with Crippen molar-refractivity contribution in [3.05, 3.63) is 65.7 Å². The number of ether oxygens (including phenoxy) is 2. The molecule has 0 atom stereocenters. The molecule has 2 nitrogen and oxygen atoms in total. The number of benzene rings is 2. The van der Waals surface area contributed by atoms with Gasteiger partial charge in [0.2, 0.25) is 0 Å². The quantitative estimate of drug-likeness (QED) is 0.786. The van der Waals surface area contributed by atoms with Gasteiger partial charge in [-0.1, -0.05) is 30.0 Å². The molecule has 0 aliphatic rings. The predicted molar refractivity (Wildman–Crippen MR) is 81.9 cm³/mol. The SMILES string of the molecule is COc1cccc(C#C/C=C/c2cccc(OC)c2)c1. The fraction of sp³-hybridized carbons (Fsp3) is 0.111. The van der Waals surface area contributed by atoms with E-state index in [1.807, 2.05) is 60.7 Å². The Labute approximate surface area is 119 Å². The van der Waals surface area contributed by atoms with Crippen molar-refractivity contribution in [3.8, 4) is 23.3 Å². The average molecular weight is 264 g/mol. The molecule has 100 valence electrons. The van der Waals surface area contributed by atoms with Crippen LogP contribution in [0.15, 0.2) is 54.6 Å².